The van der Waals surface area contributed by atoms with E-state index in [1.54, 1.807) is 4.31 Å². The van der Waals surface area contributed by atoms with Crippen LogP contribution in [0.15, 0.2) is 30.3 Å². The normalized spacial score (nSPS) is 17.4. The van der Waals surface area contributed by atoms with Crippen LogP contribution in [-0.4, -0.2) is 51.0 Å². The van der Waals surface area contributed by atoms with Gasteiger partial charge in [0.1, 0.15) is 0 Å². The van der Waals surface area contributed by atoms with Crippen molar-refractivity contribution < 1.29 is 8.42 Å². The summed E-state index contributed by atoms with van der Waals surface area (Å²) >= 11 is 0. The first-order valence-corrected chi connectivity index (χ1v) is 8.67. The molecule has 0 aromatic heterocycles. The fraction of sp³-hybridized carbons (Fsp3) is 0.571. The van der Waals surface area contributed by atoms with E-state index >= 15 is 0 Å². The van der Waals surface area contributed by atoms with Crippen molar-refractivity contribution in [2.45, 2.75) is 19.6 Å². The van der Waals surface area contributed by atoms with E-state index in [1.807, 2.05) is 56.2 Å². The molecule has 1 aromatic carbocycles. The zero-order chi connectivity index (χ0) is 15.0. The van der Waals surface area contributed by atoms with Gasteiger partial charge in [-0.1, -0.05) is 44.2 Å². The van der Waals surface area contributed by atoms with E-state index in [-0.39, 0.29) is 5.75 Å². The van der Waals surface area contributed by atoms with Crippen LogP contribution in [0, 0.1) is 0 Å². The van der Waals surface area contributed by atoms with E-state index in [0.717, 1.165) is 18.7 Å². The van der Waals surface area contributed by atoms with E-state index in [2.05, 4.69) is 5.43 Å². The van der Waals surface area contributed by atoms with E-state index < -0.39 is 10.0 Å². The van der Waals surface area contributed by atoms with E-state index in [4.69, 9.17) is 0 Å². The summed E-state index contributed by atoms with van der Waals surface area (Å²) in [5.74, 6) is 0.0907. The monoisotopic (exact) mass is 299 g/mol. The molecular formula is C14H25N3O2S. The lowest BCUT2D eigenvalue weighted by Gasteiger charge is -2.33. The highest BCUT2D eigenvalue weighted by atomic mass is 32.2. The van der Waals surface area contributed by atoms with E-state index in [9.17, 15) is 8.42 Å². The maximum atomic E-state index is 12.2. The number of nitrogens with zero attached hydrogens (tertiary/aromatic N) is 2. The summed E-state index contributed by atoms with van der Waals surface area (Å²) in [7, 11) is -1.33. The molecule has 1 aliphatic rings. The van der Waals surface area contributed by atoms with Gasteiger partial charge in [0.2, 0.25) is 10.0 Å². The lowest BCUT2D eigenvalue weighted by molar-refractivity contribution is 0.142. The maximum absolute atomic E-state index is 12.2. The molecule has 0 saturated carbocycles. The summed E-state index contributed by atoms with van der Waals surface area (Å²) in [6, 6.07) is 9.32. The smallest absolute Gasteiger partial charge is 0.218 e. The predicted octanol–water partition coefficient (Wildman–Crippen LogP) is 1.29. The molecule has 0 atom stereocenters. The Morgan fingerprint density at radius 1 is 1.05 bits per heavy atom. The summed E-state index contributed by atoms with van der Waals surface area (Å²) in [6.45, 7) is 6.56. The molecule has 0 radical (unpaired) electrons. The third-order valence-corrected chi connectivity index (χ3v) is 4.99. The first kappa shape index (κ1) is 17.1. The second kappa shape index (κ2) is 8.36. The Bertz CT molecular complexity index is 468. The zero-order valence-corrected chi connectivity index (χ0v) is 13.4. The van der Waals surface area contributed by atoms with Gasteiger partial charge in [0.05, 0.1) is 5.75 Å². The van der Waals surface area contributed by atoms with Crippen LogP contribution >= 0.6 is 0 Å². The number of nitrogens with one attached hydrogen (secondary N) is 1. The van der Waals surface area contributed by atoms with Gasteiger partial charge >= 0.3 is 0 Å². The largest absolute Gasteiger partial charge is 0.258 e. The van der Waals surface area contributed by atoms with Gasteiger partial charge in [0.25, 0.3) is 0 Å². The molecule has 1 fully saturated rings. The first-order valence-electron chi connectivity index (χ1n) is 7.06. The van der Waals surface area contributed by atoms with Crippen LogP contribution in [0.3, 0.4) is 0 Å². The lowest BCUT2D eigenvalue weighted by atomic mass is 10.2. The van der Waals surface area contributed by atoms with Gasteiger partial charge in [-0.05, 0) is 12.6 Å². The number of hydrogen-bond acceptors (Lipinski definition) is 4. The Hall–Kier alpha value is -0.950. The van der Waals surface area contributed by atoms with Crippen molar-refractivity contribution in [2.24, 2.45) is 0 Å². The average Bonchev–Trinajstić information content (AvgIpc) is 2.50. The molecule has 1 heterocycles. The topological polar surface area (TPSA) is 52.6 Å². The number of sulfonamides is 1. The molecule has 1 saturated heterocycles. The number of piperazine rings is 1. The minimum absolute atomic E-state index is 0.0907. The first-order chi connectivity index (χ1) is 9.62. The van der Waals surface area contributed by atoms with Crippen LogP contribution in [-0.2, 0) is 15.8 Å². The van der Waals surface area contributed by atoms with E-state index in [0.29, 0.717) is 13.1 Å². The van der Waals surface area contributed by atoms with Crippen LogP contribution in [0.5, 0.6) is 0 Å². The predicted molar refractivity (Wildman–Crippen MR) is 82.6 cm³/mol. The van der Waals surface area contributed by atoms with Gasteiger partial charge < -0.3 is 0 Å². The Balaban J connectivity index is 0.000000956. The van der Waals surface area contributed by atoms with Crippen LogP contribution in [0.25, 0.3) is 0 Å². The highest BCUT2D eigenvalue weighted by Crippen LogP contribution is 2.12. The fourth-order valence-electron chi connectivity index (χ4n) is 2.07. The molecular weight excluding hydrogens is 274 g/mol. The maximum Gasteiger partial charge on any atom is 0.218 e. The Kier molecular flexibility index (Phi) is 7.15. The molecule has 6 heteroatoms. The van der Waals surface area contributed by atoms with Gasteiger partial charge in [-0.3, -0.25) is 5.43 Å². The lowest BCUT2D eigenvalue weighted by Crippen LogP contribution is -2.52. The summed E-state index contributed by atoms with van der Waals surface area (Å²) in [6.07, 6.45) is 0. The Labute approximate surface area is 122 Å². The summed E-state index contributed by atoms with van der Waals surface area (Å²) in [5, 5.41) is 2.02. The Morgan fingerprint density at radius 3 is 2.10 bits per heavy atom. The zero-order valence-electron chi connectivity index (χ0n) is 12.5. The summed E-state index contributed by atoms with van der Waals surface area (Å²) < 4.78 is 26.1. The van der Waals surface area contributed by atoms with Gasteiger partial charge in [0.15, 0.2) is 0 Å². The van der Waals surface area contributed by atoms with Crippen LogP contribution in [0.1, 0.15) is 19.4 Å². The van der Waals surface area contributed by atoms with Gasteiger partial charge in [-0.2, -0.15) is 4.31 Å². The van der Waals surface area contributed by atoms with Crippen molar-refractivity contribution >= 4 is 10.0 Å². The minimum atomic E-state index is -3.19. The molecule has 0 bridgehead atoms. The third-order valence-electron chi connectivity index (χ3n) is 3.14. The van der Waals surface area contributed by atoms with Crippen molar-refractivity contribution in [1.29, 1.82) is 0 Å². The van der Waals surface area contributed by atoms with Crippen molar-refractivity contribution in [3.63, 3.8) is 0 Å². The SMILES string of the molecule is CC.CNN1CCN(S(=O)(=O)Cc2ccccc2)CC1. The third kappa shape index (κ3) is 4.86. The quantitative estimate of drug-likeness (QED) is 0.910. The van der Waals surface area contributed by atoms with Crippen LogP contribution < -0.4 is 5.43 Å². The molecule has 20 heavy (non-hydrogen) atoms. The highest BCUT2D eigenvalue weighted by Gasteiger charge is 2.26. The van der Waals surface area contributed by atoms with Crippen molar-refractivity contribution in [2.75, 3.05) is 33.2 Å². The molecule has 0 aliphatic carbocycles. The standard InChI is InChI=1S/C12H19N3O2S.C2H6/c1-13-14-7-9-15(10-8-14)18(16,17)11-12-5-3-2-4-6-12;1-2/h2-6,13H,7-11H2,1H3;1-2H3. The molecule has 114 valence electrons. The van der Waals surface area contributed by atoms with Gasteiger partial charge in [-0.25, -0.2) is 13.4 Å². The molecule has 0 unspecified atom stereocenters. The molecule has 0 amide bonds. The van der Waals surface area contributed by atoms with Gasteiger partial charge in [0, 0.05) is 26.2 Å². The molecule has 1 N–H and O–H groups in total. The highest BCUT2D eigenvalue weighted by molar-refractivity contribution is 7.88. The molecule has 2 rings (SSSR count). The average molecular weight is 299 g/mol. The number of rotatable bonds is 4. The Morgan fingerprint density at radius 2 is 1.60 bits per heavy atom. The van der Waals surface area contributed by atoms with E-state index in [1.165, 1.54) is 0 Å². The number of benzene rings is 1. The van der Waals surface area contributed by atoms with Gasteiger partial charge in [-0.15, -0.1) is 0 Å². The molecule has 0 spiro atoms. The summed E-state index contributed by atoms with van der Waals surface area (Å²) in [5.41, 5.74) is 3.88. The molecule has 1 aliphatic heterocycles. The fourth-order valence-corrected chi connectivity index (χ4v) is 3.58. The van der Waals surface area contributed by atoms with Crippen molar-refractivity contribution in [3.05, 3.63) is 35.9 Å². The number of hydrogen-bond donors (Lipinski definition) is 1. The second-order valence-electron chi connectivity index (χ2n) is 4.35. The van der Waals surface area contributed by atoms with Crippen molar-refractivity contribution in [1.82, 2.24) is 14.7 Å². The molecule has 1 aromatic rings. The van der Waals surface area contributed by atoms with Crippen molar-refractivity contribution in [3.8, 4) is 0 Å². The molecule has 5 nitrogen and oxygen atoms in total. The second-order valence-corrected chi connectivity index (χ2v) is 6.32. The number of hydrazine groups is 1. The van der Waals surface area contributed by atoms with Crippen LogP contribution in [0.4, 0.5) is 0 Å². The van der Waals surface area contributed by atoms with Crippen LogP contribution in [0.2, 0.25) is 0 Å². The minimum Gasteiger partial charge on any atom is -0.258 e. The summed E-state index contributed by atoms with van der Waals surface area (Å²) in [4.78, 5) is 0.